The van der Waals surface area contributed by atoms with Gasteiger partial charge in [0.15, 0.2) is 0 Å². The molecule has 0 unspecified atom stereocenters. The zero-order chi connectivity index (χ0) is 25.2. The summed E-state index contributed by atoms with van der Waals surface area (Å²) in [6.45, 7) is 4.26. The van der Waals surface area contributed by atoms with Gasteiger partial charge in [0.2, 0.25) is 0 Å². The molecule has 0 spiro atoms. The molecule has 0 saturated heterocycles. The van der Waals surface area contributed by atoms with E-state index < -0.39 is 11.2 Å². The molecule has 0 aliphatic rings. The van der Waals surface area contributed by atoms with Gasteiger partial charge in [0, 0.05) is 22.6 Å². The molecule has 0 bridgehead atoms. The lowest BCUT2D eigenvalue weighted by molar-refractivity contribution is 0.306. The van der Waals surface area contributed by atoms with E-state index in [9.17, 15) is 14.0 Å². The fourth-order valence-corrected chi connectivity index (χ4v) is 4.13. The Morgan fingerprint density at radius 3 is 2.44 bits per heavy atom. The van der Waals surface area contributed by atoms with E-state index in [4.69, 9.17) is 4.74 Å². The van der Waals surface area contributed by atoms with Gasteiger partial charge in [0.05, 0.1) is 17.1 Å². The first-order valence-electron chi connectivity index (χ1n) is 11.4. The second-order valence-electron chi connectivity index (χ2n) is 8.41. The predicted molar refractivity (Wildman–Crippen MR) is 138 cm³/mol. The number of halogens is 1. The number of aromatic nitrogens is 3. The van der Waals surface area contributed by atoms with Crippen molar-refractivity contribution in [2.45, 2.75) is 20.5 Å². The summed E-state index contributed by atoms with van der Waals surface area (Å²) < 4.78 is 21.8. The van der Waals surface area contributed by atoms with Crippen molar-refractivity contribution in [3.8, 4) is 11.4 Å². The minimum atomic E-state index is -0.597. The first-order chi connectivity index (χ1) is 17.4. The third-order valence-corrected chi connectivity index (χ3v) is 5.98. The number of H-pyrrole nitrogens is 1. The first-order valence-corrected chi connectivity index (χ1v) is 11.4. The molecule has 7 nitrogen and oxygen atoms in total. The zero-order valence-corrected chi connectivity index (χ0v) is 19.7. The minimum Gasteiger partial charge on any atom is -0.489 e. The van der Waals surface area contributed by atoms with Crippen molar-refractivity contribution < 1.29 is 9.13 Å². The Morgan fingerprint density at radius 1 is 0.972 bits per heavy atom. The highest BCUT2D eigenvalue weighted by molar-refractivity contribution is 5.82. The molecule has 2 aromatic heterocycles. The Morgan fingerprint density at radius 2 is 1.69 bits per heavy atom. The lowest BCUT2D eigenvalue weighted by atomic mass is 10.2. The number of hydrogen-bond donors (Lipinski definition) is 1. The molecule has 0 fully saturated rings. The topological polar surface area (TPSA) is 81.4 Å². The highest BCUT2D eigenvalue weighted by Crippen LogP contribution is 2.22. The van der Waals surface area contributed by atoms with Crippen molar-refractivity contribution in [2.75, 3.05) is 0 Å². The first kappa shape index (κ1) is 23.0. The molecule has 0 aliphatic carbocycles. The standard InChI is InChI=1S/C28H23FN4O3/c1-18-15-21(16-30-33-27(34)25-5-3-4-6-26(25)31-28(33)35)19(2)32(18)23-11-13-24(14-12-23)36-17-20-7-9-22(29)10-8-20/h3-16H,17H2,1-2H3,(H,31,35). The van der Waals surface area contributed by atoms with Gasteiger partial charge in [-0.3, -0.25) is 4.79 Å². The van der Waals surface area contributed by atoms with Gasteiger partial charge in [-0.2, -0.15) is 5.10 Å². The van der Waals surface area contributed by atoms with E-state index in [1.165, 1.54) is 18.3 Å². The van der Waals surface area contributed by atoms with Crippen LogP contribution in [-0.2, 0) is 6.61 Å². The second kappa shape index (κ2) is 9.50. The van der Waals surface area contributed by atoms with Gasteiger partial charge >= 0.3 is 5.69 Å². The largest absolute Gasteiger partial charge is 0.489 e. The Kier molecular flexibility index (Phi) is 6.08. The molecular formula is C28H23FN4O3. The number of aromatic amines is 1. The summed E-state index contributed by atoms with van der Waals surface area (Å²) in [4.78, 5) is 27.8. The Labute approximate surface area is 205 Å². The quantitative estimate of drug-likeness (QED) is 0.356. The molecule has 0 amide bonds. The van der Waals surface area contributed by atoms with Crippen molar-refractivity contribution in [2.24, 2.45) is 5.10 Å². The van der Waals surface area contributed by atoms with E-state index in [0.717, 1.165) is 32.9 Å². The van der Waals surface area contributed by atoms with E-state index in [0.29, 0.717) is 23.3 Å². The number of hydrogen-bond acceptors (Lipinski definition) is 4. The van der Waals surface area contributed by atoms with Gasteiger partial charge in [0.25, 0.3) is 5.56 Å². The lowest BCUT2D eigenvalue weighted by Gasteiger charge is -2.11. The van der Waals surface area contributed by atoms with Crippen LogP contribution in [0.15, 0.2) is 93.6 Å². The summed E-state index contributed by atoms with van der Waals surface area (Å²) in [6, 6.07) is 22.6. The Bertz CT molecular complexity index is 1690. The van der Waals surface area contributed by atoms with Gasteiger partial charge < -0.3 is 14.3 Å². The molecule has 8 heteroatoms. The molecule has 36 heavy (non-hydrogen) atoms. The molecule has 1 N–H and O–H groups in total. The Hall–Kier alpha value is -4.72. The third-order valence-electron chi connectivity index (χ3n) is 5.98. The Balaban J connectivity index is 1.38. The van der Waals surface area contributed by atoms with E-state index in [-0.39, 0.29) is 5.82 Å². The molecule has 3 aromatic carbocycles. The number of para-hydroxylation sites is 1. The highest BCUT2D eigenvalue weighted by atomic mass is 19.1. The van der Waals surface area contributed by atoms with Gasteiger partial charge in [0.1, 0.15) is 18.2 Å². The molecule has 5 aromatic rings. The van der Waals surface area contributed by atoms with Gasteiger partial charge in [-0.25, -0.2) is 9.18 Å². The molecular weight excluding hydrogens is 459 g/mol. The van der Waals surface area contributed by atoms with Crippen molar-refractivity contribution in [1.82, 2.24) is 14.2 Å². The van der Waals surface area contributed by atoms with E-state index in [2.05, 4.69) is 14.7 Å². The van der Waals surface area contributed by atoms with E-state index in [1.807, 2.05) is 44.2 Å². The predicted octanol–water partition coefficient (Wildman–Crippen LogP) is 4.70. The van der Waals surface area contributed by atoms with Crippen LogP contribution in [0.4, 0.5) is 4.39 Å². The zero-order valence-electron chi connectivity index (χ0n) is 19.7. The monoisotopic (exact) mass is 482 g/mol. The molecule has 0 radical (unpaired) electrons. The highest BCUT2D eigenvalue weighted by Gasteiger charge is 2.11. The molecule has 0 aliphatic heterocycles. The number of ether oxygens (including phenoxy) is 1. The maximum Gasteiger partial charge on any atom is 0.349 e. The van der Waals surface area contributed by atoms with Crippen LogP contribution in [0.3, 0.4) is 0 Å². The van der Waals surface area contributed by atoms with Crippen molar-refractivity contribution in [3.05, 3.63) is 128 Å². The fraction of sp³-hybridized carbons (Fsp3) is 0.107. The van der Waals surface area contributed by atoms with Crippen LogP contribution < -0.4 is 16.0 Å². The van der Waals surface area contributed by atoms with Crippen LogP contribution in [0.5, 0.6) is 5.75 Å². The molecule has 180 valence electrons. The molecule has 0 saturated carbocycles. The summed E-state index contributed by atoms with van der Waals surface area (Å²) in [6.07, 6.45) is 1.52. The normalized spacial score (nSPS) is 11.4. The summed E-state index contributed by atoms with van der Waals surface area (Å²) in [5, 5.41) is 4.58. The summed E-state index contributed by atoms with van der Waals surface area (Å²) >= 11 is 0. The number of nitrogens with one attached hydrogen (secondary N) is 1. The maximum absolute atomic E-state index is 13.1. The smallest absolute Gasteiger partial charge is 0.349 e. The third kappa shape index (κ3) is 4.48. The fourth-order valence-electron chi connectivity index (χ4n) is 4.13. The van der Waals surface area contributed by atoms with Crippen LogP contribution >= 0.6 is 0 Å². The number of fused-ring (bicyclic) bond motifs is 1. The van der Waals surface area contributed by atoms with Gasteiger partial charge in [-0.1, -0.05) is 24.3 Å². The van der Waals surface area contributed by atoms with Crippen molar-refractivity contribution >= 4 is 17.1 Å². The maximum atomic E-state index is 13.1. The van der Waals surface area contributed by atoms with E-state index >= 15 is 0 Å². The van der Waals surface area contributed by atoms with Crippen molar-refractivity contribution in [1.29, 1.82) is 0 Å². The summed E-state index contributed by atoms with van der Waals surface area (Å²) in [5.74, 6) is 0.420. The molecule has 5 rings (SSSR count). The number of aryl methyl sites for hydroxylation is 1. The van der Waals surface area contributed by atoms with Crippen LogP contribution in [0.1, 0.15) is 22.5 Å². The van der Waals surface area contributed by atoms with Crippen molar-refractivity contribution in [3.63, 3.8) is 0 Å². The SMILES string of the molecule is Cc1cc(C=Nn2c(=O)[nH]c3ccccc3c2=O)c(C)n1-c1ccc(OCc2ccc(F)cc2)cc1. The summed E-state index contributed by atoms with van der Waals surface area (Å²) in [7, 11) is 0. The summed E-state index contributed by atoms with van der Waals surface area (Å²) in [5.41, 5.74) is 3.86. The average molecular weight is 483 g/mol. The minimum absolute atomic E-state index is 0.277. The van der Waals surface area contributed by atoms with Crippen LogP contribution in [0.25, 0.3) is 16.6 Å². The van der Waals surface area contributed by atoms with Gasteiger partial charge in [-0.15, -0.1) is 4.68 Å². The van der Waals surface area contributed by atoms with Crippen LogP contribution in [0, 0.1) is 19.7 Å². The molecule has 0 atom stereocenters. The van der Waals surface area contributed by atoms with E-state index in [1.54, 1.807) is 36.4 Å². The number of benzene rings is 3. The van der Waals surface area contributed by atoms with Crippen LogP contribution in [-0.4, -0.2) is 20.4 Å². The lowest BCUT2D eigenvalue weighted by Crippen LogP contribution is -2.32. The van der Waals surface area contributed by atoms with Crippen LogP contribution in [0.2, 0.25) is 0 Å². The van der Waals surface area contributed by atoms with Gasteiger partial charge in [-0.05, 0) is 74.0 Å². The molecule has 2 heterocycles. The number of rotatable bonds is 6. The average Bonchev–Trinajstić information content (AvgIpc) is 3.16. The number of nitrogens with zero attached hydrogens (tertiary/aromatic N) is 3. The second-order valence-corrected chi connectivity index (χ2v) is 8.41.